The molecule has 3 amide bonds. The van der Waals surface area contributed by atoms with Crippen LogP contribution in [0.15, 0.2) is 30.3 Å². The zero-order chi connectivity index (χ0) is 20.1. The molecule has 9 nitrogen and oxygen atoms in total. The highest BCUT2D eigenvalue weighted by molar-refractivity contribution is 5.96. The predicted molar refractivity (Wildman–Crippen MR) is 101 cm³/mol. The highest BCUT2D eigenvalue weighted by Gasteiger charge is 2.22. The molecule has 1 aromatic carbocycles. The van der Waals surface area contributed by atoms with Crippen molar-refractivity contribution in [1.82, 2.24) is 15.1 Å². The average molecular weight is 388 g/mol. The van der Waals surface area contributed by atoms with E-state index >= 15 is 0 Å². The minimum Gasteiger partial charge on any atom is -0.477 e. The highest BCUT2D eigenvalue weighted by atomic mass is 19.1. The van der Waals surface area contributed by atoms with Gasteiger partial charge in [-0.05, 0) is 31.2 Å². The summed E-state index contributed by atoms with van der Waals surface area (Å²) < 4.78 is 18.8. The maximum absolute atomic E-state index is 13.5. The van der Waals surface area contributed by atoms with Crippen LogP contribution in [0.5, 0.6) is 5.88 Å². The van der Waals surface area contributed by atoms with E-state index in [-0.39, 0.29) is 11.6 Å². The van der Waals surface area contributed by atoms with E-state index in [1.165, 1.54) is 12.1 Å². The summed E-state index contributed by atoms with van der Waals surface area (Å²) in [6, 6.07) is 6.96. The molecule has 0 unspecified atom stereocenters. The maximum atomic E-state index is 13.5. The molecule has 2 aromatic rings. The molecule has 3 rings (SSSR count). The maximum Gasteiger partial charge on any atom is 0.321 e. The lowest BCUT2D eigenvalue weighted by atomic mass is 10.2. The van der Waals surface area contributed by atoms with Crippen LogP contribution < -0.4 is 20.7 Å². The van der Waals surface area contributed by atoms with Crippen molar-refractivity contribution >= 4 is 23.4 Å². The molecule has 148 valence electrons. The first-order chi connectivity index (χ1) is 13.5. The molecular weight excluding hydrogens is 367 g/mol. The third-order valence-corrected chi connectivity index (χ3v) is 4.29. The number of ether oxygens (including phenoxy) is 1. The molecule has 0 bridgehead atoms. The second-order valence-electron chi connectivity index (χ2n) is 6.13. The number of nitrogens with zero attached hydrogens (tertiary/aromatic N) is 4. The third-order valence-electron chi connectivity index (χ3n) is 4.29. The number of hydrogen-bond donors (Lipinski definition) is 2. The number of halogens is 1. The van der Waals surface area contributed by atoms with Crippen molar-refractivity contribution < 1.29 is 18.7 Å². The Balaban J connectivity index is 1.56. The van der Waals surface area contributed by atoms with E-state index in [1.807, 2.05) is 17.9 Å². The molecule has 0 spiro atoms. The molecule has 1 aliphatic heterocycles. The van der Waals surface area contributed by atoms with Gasteiger partial charge in [0.1, 0.15) is 5.82 Å². The molecule has 1 aromatic heterocycles. The first-order valence-electron chi connectivity index (χ1n) is 8.84. The molecule has 0 atom stereocenters. The first-order valence-corrected chi connectivity index (χ1v) is 8.84. The molecule has 1 saturated heterocycles. The van der Waals surface area contributed by atoms with E-state index < -0.39 is 11.7 Å². The summed E-state index contributed by atoms with van der Waals surface area (Å²) in [6.07, 6.45) is 0. The lowest BCUT2D eigenvalue weighted by Crippen LogP contribution is -2.50. The van der Waals surface area contributed by atoms with Gasteiger partial charge >= 0.3 is 6.03 Å². The molecule has 28 heavy (non-hydrogen) atoms. The van der Waals surface area contributed by atoms with E-state index in [2.05, 4.69) is 15.5 Å². The number of carbonyl (C=O) groups excluding carboxylic acids is 2. The molecule has 0 aliphatic carbocycles. The molecule has 3 N–H and O–H groups in total. The Morgan fingerprint density at radius 2 is 1.93 bits per heavy atom. The van der Waals surface area contributed by atoms with Crippen molar-refractivity contribution in [3.8, 4) is 5.88 Å². The van der Waals surface area contributed by atoms with Gasteiger partial charge in [-0.2, -0.15) is 0 Å². The minimum atomic E-state index is -0.890. The number of amides is 3. The van der Waals surface area contributed by atoms with Crippen LogP contribution in [0.4, 0.5) is 20.7 Å². The van der Waals surface area contributed by atoms with Crippen molar-refractivity contribution in [1.29, 1.82) is 0 Å². The van der Waals surface area contributed by atoms with Gasteiger partial charge in [0.25, 0.3) is 5.91 Å². The first kappa shape index (κ1) is 19.3. The lowest BCUT2D eigenvalue weighted by molar-refractivity contribution is 0.0996. The average Bonchev–Trinajstić information content (AvgIpc) is 2.70. The number of aromatic nitrogens is 2. The predicted octanol–water partition coefficient (Wildman–Crippen LogP) is 1.47. The van der Waals surface area contributed by atoms with E-state index in [1.54, 1.807) is 11.0 Å². The SMILES string of the molecule is CCOc1ccc(N2CCN(C(=O)Nc3ccc(F)c(C(N)=O)c3)CC2)nn1. The lowest BCUT2D eigenvalue weighted by Gasteiger charge is -2.35. The molecule has 2 heterocycles. The van der Waals surface area contributed by atoms with Gasteiger partial charge in [-0.3, -0.25) is 4.79 Å². The Labute approximate surface area is 161 Å². The summed E-state index contributed by atoms with van der Waals surface area (Å²) in [6.45, 7) is 4.53. The summed E-state index contributed by atoms with van der Waals surface area (Å²) in [5.41, 5.74) is 5.17. The number of primary amides is 1. The Morgan fingerprint density at radius 3 is 2.54 bits per heavy atom. The van der Waals surface area contributed by atoms with Crippen LogP contribution in [-0.2, 0) is 0 Å². The molecule has 0 radical (unpaired) electrons. The smallest absolute Gasteiger partial charge is 0.321 e. The fraction of sp³-hybridized carbons (Fsp3) is 0.333. The number of nitrogens with one attached hydrogen (secondary N) is 1. The van der Waals surface area contributed by atoms with Gasteiger partial charge < -0.3 is 25.6 Å². The van der Waals surface area contributed by atoms with E-state index in [9.17, 15) is 14.0 Å². The standard InChI is InChI=1S/C18H21FN6O3/c1-2-28-16-6-5-15(22-23-16)24-7-9-25(10-8-24)18(27)21-12-3-4-14(19)13(11-12)17(20)26/h3-6,11H,2,7-10H2,1H3,(H2,20,26)(H,21,27). The van der Waals surface area contributed by atoms with Crippen LogP contribution in [0, 0.1) is 5.82 Å². The largest absolute Gasteiger partial charge is 0.477 e. The van der Waals surface area contributed by atoms with Crippen LogP contribution >= 0.6 is 0 Å². The van der Waals surface area contributed by atoms with Gasteiger partial charge in [0, 0.05) is 37.9 Å². The molecule has 1 fully saturated rings. The zero-order valence-corrected chi connectivity index (χ0v) is 15.4. The zero-order valence-electron chi connectivity index (χ0n) is 15.4. The van der Waals surface area contributed by atoms with Gasteiger partial charge in [-0.25, -0.2) is 9.18 Å². The second-order valence-corrected chi connectivity index (χ2v) is 6.13. The number of carbonyl (C=O) groups is 2. The minimum absolute atomic E-state index is 0.267. The van der Waals surface area contributed by atoms with E-state index in [4.69, 9.17) is 10.5 Å². The van der Waals surface area contributed by atoms with Crippen LogP contribution in [0.3, 0.4) is 0 Å². The van der Waals surface area contributed by atoms with Crippen molar-refractivity contribution in [2.75, 3.05) is 43.0 Å². The Morgan fingerprint density at radius 1 is 1.18 bits per heavy atom. The fourth-order valence-corrected chi connectivity index (χ4v) is 2.84. The van der Waals surface area contributed by atoms with Crippen molar-refractivity contribution in [2.24, 2.45) is 5.73 Å². The quantitative estimate of drug-likeness (QED) is 0.802. The van der Waals surface area contributed by atoms with Gasteiger partial charge in [0.05, 0.1) is 12.2 Å². The third kappa shape index (κ3) is 4.45. The van der Waals surface area contributed by atoms with Gasteiger partial charge in [-0.15, -0.1) is 10.2 Å². The number of piperazine rings is 1. The number of urea groups is 1. The van der Waals surface area contributed by atoms with Gasteiger partial charge in [0.2, 0.25) is 5.88 Å². The summed E-state index contributed by atoms with van der Waals surface area (Å²) >= 11 is 0. The number of benzene rings is 1. The second kappa shape index (κ2) is 8.51. The number of anilines is 2. The van der Waals surface area contributed by atoms with Crippen LogP contribution in [0.1, 0.15) is 17.3 Å². The monoisotopic (exact) mass is 388 g/mol. The summed E-state index contributed by atoms with van der Waals surface area (Å²) in [5.74, 6) is -0.429. The topological polar surface area (TPSA) is 114 Å². The number of hydrogen-bond acceptors (Lipinski definition) is 6. The Hall–Kier alpha value is -3.43. The van der Waals surface area contributed by atoms with Crippen molar-refractivity contribution in [3.05, 3.63) is 41.7 Å². The summed E-state index contributed by atoms with van der Waals surface area (Å²) in [5, 5.41) is 10.8. The van der Waals surface area contributed by atoms with Gasteiger partial charge in [-0.1, -0.05) is 0 Å². The summed E-state index contributed by atoms with van der Waals surface area (Å²) in [7, 11) is 0. The fourth-order valence-electron chi connectivity index (χ4n) is 2.84. The molecule has 0 saturated carbocycles. The van der Waals surface area contributed by atoms with Crippen molar-refractivity contribution in [2.45, 2.75) is 6.92 Å². The normalized spacial score (nSPS) is 13.9. The number of rotatable bonds is 5. The van der Waals surface area contributed by atoms with Crippen molar-refractivity contribution in [3.63, 3.8) is 0 Å². The molecule has 10 heteroatoms. The Bertz CT molecular complexity index is 853. The van der Waals surface area contributed by atoms with Gasteiger partial charge in [0.15, 0.2) is 5.82 Å². The molecule has 1 aliphatic rings. The van der Waals surface area contributed by atoms with Crippen LogP contribution in [0.25, 0.3) is 0 Å². The Kier molecular flexibility index (Phi) is 5.87. The van der Waals surface area contributed by atoms with Crippen LogP contribution in [0.2, 0.25) is 0 Å². The van der Waals surface area contributed by atoms with E-state index in [0.717, 1.165) is 6.07 Å². The summed E-state index contributed by atoms with van der Waals surface area (Å²) in [4.78, 5) is 27.3. The molecular formula is C18H21FN6O3. The van der Waals surface area contributed by atoms with Crippen LogP contribution in [-0.4, -0.2) is 59.8 Å². The highest BCUT2D eigenvalue weighted by Crippen LogP contribution is 2.17. The number of nitrogens with two attached hydrogens (primary N) is 1. The van der Waals surface area contributed by atoms with E-state index in [0.29, 0.717) is 50.2 Å².